The highest BCUT2D eigenvalue weighted by Crippen LogP contribution is 2.18. The molecule has 1 aromatic carbocycles. The summed E-state index contributed by atoms with van der Waals surface area (Å²) in [5, 5.41) is 2.98. The maximum absolute atomic E-state index is 12.2. The zero-order valence-electron chi connectivity index (χ0n) is 13.4. The van der Waals surface area contributed by atoms with E-state index in [0.717, 1.165) is 42.9 Å². The molecule has 1 atom stereocenters. The van der Waals surface area contributed by atoms with Crippen molar-refractivity contribution in [1.82, 2.24) is 10.3 Å². The molecule has 0 bridgehead atoms. The van der Waals surface area contributed by atoms with Crippen molar-refractivity contribution in [3.05, 3.63) is 53.7 Å². The average molecular weight is 310 g/mol. The van der Waals surface area contributed by atoms with Crippen LogP contribution >= 0.6 is 0 Å². The lowest BCUT2D eigenvalue weighted by Crippen LogP contribution is -2.26. The Morgan fingerprint density at radius 2 is 2.09 bits per heavy atom. The van der Waals surface area contributed by atoms with Gasteiger partial charge in [-0.1, -0.05) is 18.2 Å². The van der Waals surface area contributed by atoms with Crippen molar-refractivity contribution in [3.63, 3.8) is 0 Å². The normalized spacial score (nSPS) is 17.2. The van der Waals surface area contributed by atoms with Gasteiger partial charge in [0.05, 0.1) is 5.69 Å². The molecule has 23 heavy (non-hydrogen) atoms. The van der Waals surface area contributed by atoms with E-state index in [-0.39, 0.29) is 5.91 Å². The van der Waals surface area contributed by atoms with E-state index in [0.29, 0.717) is 18.0 Å². The second kappa shape index (κ2) is 7.38. The van der Waals surface area contributed by atoms with Crippen LogP contribution < -0.4 is 5.32 Å². The number of pyridine rings is 1. The lowest BCUT2D eigenvalue weighted by molar-refractivity contribution is 0.0950. The number of rotatable bonds is 5. The number of amides is 1. The minimum Gasteiger partial charge on any atom is -0.381 e. The summed E-state index contributed by atoms with van der Waals surface area (Å²) in [6, 6.07) is 11.6. The fraction of sp³-hybridized carbons (Fsp3) is 0.368. The molecular formula is C19H22N2O2. The van der Waals surface area contributed by atoms with Crippen molar-refractivity contribution in [2.45, 2.75) is 19.8 Å². The summed E-state index contributed by atoms with van der Waals surface area (Å²) >= 11 is 0. The van der Waals surface area contributed by atoms with Gasteiger partial charge in [0, 0.05) is 37.1 Å². The van der Waals surface area contributed by atoms with Gasteiger partial charge >= 0.3 is 0 Å². The number of carbonyl (C=O) groups is 1. The highest BCUT2D eigenvalue weighted by Gasteiger charge is 2.15. The van der Waals surface area contributed by atoms with Gasteiger partial charge in [0.2, 0.25) is 0 Å². The van der Waals surface area contributed by atoms with Crippen LogP contribution in [0.2, 0.25) is 0 Å². The first-order valence-corrected chi connectivity index (χ1v) is 8.11. The lowest BCUT2D eigenvalue weighted by Gasteiger charge is -2.09. The minimum absolute atomic E-state index is 0.0210. The van der Waals surface area contributed by atoms with Gasteiger partial charge in [-0.25, -0.2) is 0 Å². The summed E-state index contributed by atoms with van der Waals surface area (Å²) in [5.41, 5.74) is 3.76. The van der Waals surface area contributed by atoms with Crippen LogP contribution in [-0.2, 0) is 4.74 Å². The molecule has 4 heteroatoms. The van der Waals surface area contributed by atoms with E-state index in [1.807, 2.05) is 49.5 Å². The number of nitrogens with zero attached hydrogens (tertiary/aromatic N) is 1. The Labute approximate surface area is 136 Å². The Kier molecular flexibility index (Phi) is 5.03. The van der Waals surface area contributed by atoms with Gasteiger partial charge in [-0.15, -0.1) is 0 Å². The Balaban J connectivity index is 1.55. The number of ether oxygens (including phenoxy) is 1. The van der Waals surface area contributed by atoms with Gasteiger partial charge in [0.1, 0.15) is 0 Å². The molecule has 120 valence electrons. The Bertz CT molecular complexity index is 644. The number of hydrogen-bond donors (Lipinski definition) is 1. The van der Waals surface area contributed by atoms with Crippen LogP contribution in [-0.4, -0.2) is 30.6 Å². The molecule has 1 aliphatic rings. The third-order valence-corrected chi connectivity index (χ3v) is 4.22. The molecule has 4 nitrogen and oxygen atoms in total. The van der Waals surface area contributed by atoms with Crippen molar-refractivity contribution in [2.24, 2.45) is 5.92 Å². The Hall–Kier alpha value is -2.20. The average Bonchev–Trinajstić information content (AvgIpc) is 3.09. The van der Waals surface area contributed by atoms with Crippen LogP contribution in [0, 0.1) is 12.8 Å². The molecule has 1 saturated heterocycles. The SMILES string of the molecule is Cc1ccc(-c2ccc(C(=O)NCC[C@@H]3CCOC3)cc2)nc1. The lowest BCUT2D eigenvalue weighted by atomic mass is 10.0. The van der Waals surface area contributed by atoms with Crippen LogP contribution in [0.25, 0.3) is 11.3 Å². The minimum atomic E-state index is -0.0210. The van der Waals surface area contributed by atoms with E-state index >= 15 is 0 Å². The molecule has 0 aliphatic carbocycles. The molecule has 1 fully saturated rings. The van der Waals surface area contributed by atoms with E-state index in [2.05, 4.69) is 10.3 Å². The second-order valence-corrected chi connectivity index (χ2v) is 6.07. The van der Waals surface area contributed by atoms with Gasteiger partial charge in [0.25, 0.3) is 5.91 Å². The predicted molar refractivity (Wildman–Crippen MR) is 90.3 cm³/mol. The quantitative estimate of drug-likeness (QED) is 0.922. The van der Waals surface area contributed by atoms with Gasteiger partial charge in [-0.3, -0.25) is 9.78 Å². The molecule has 3 rings (SSSR count). The van der Waals surface area contributed by atoms with Crippen LogP contribution in [0.15, 0.2) is 42.6 Å². The van der Waals surface area contributed by atoms with Gasteiger partial charge in [0.15, 0.2) is 0 Å². The number of aryl methyl sites for hydroxylation is 1. The highest BCUT2D eigenvalue weighted by atomic mass is 16.5. The van der Waals surface area contributed by atoms with E-state index in [1.165, 1.54) is 0 Å². The second-order valence-electron chi connectivity index (χ2n) is 6.07. The van der Waals surface area contributed by atoms with Gasteiger partial charge < -0.3 is 10.1 Å². The van der Waals surface area contributed by atoms with Crippen LogP contribution in [0.5, 0.6) is 0 Å². The smallest absolute Gasteiger partial charge is 0.251 e. The molecule has 1 amide bonds. The third-order valence-electron chi connectivity index (χ3n) is 4.22. The predicted octanol–water partition coefficient (Wildman–Crippen LogP) is 3.21. The molecule has 0 spiro atoms. The summed E-state index contributed by atoms with van der Waals surface area (Å²) in [6.07, 6.45) is 3.94. The first kappa shape index (κ1) is 15.7. The summed E-state index contributed by atoms with van der Waals surface area (Å²) in [7, 11) is 0. The molecule has 2 aromatic rings. The maximum Gasteiger partial charge on any atom is 0.251 e. The van der Waals surface area contributed by atoms with E-state index in [4.69, 9.17) is 4.74 Å². The number of aromatic nitrogens is 1. The number of benzene rings is 1. The summed E-state index contributed by atoms with van der Waals surface area (Å²) in [6.45, 7) is 4.40. The summed E-state index contributed by atoms with van der Waals surface area (Å²) in [5.74, 6) is 0.567. The zero-order valence-corrected chi connectivity index (χ0v) is 13.4. The summed E-state index contributed by atoms with van der Waals surface area (Å²) < 4.78 is 5.34. The van der Waals surface area contributed by atoms with Crippen LogP contribution in [0.3, 0.4) is 0 Å². The molecule has 1 aliphatic heterocycles. The first-order valence-electron chi connectivity index (χ1n) is 8.11. The van der Waals surface area contributed by atoms with E-state index in [9.17, 15) is 4.79 Å². The molecule has 1 N–H and O–H groups in total. The molecule has 2 heterocycles. The van der Waals surface area contributed by atoms with E-state index < -0.39 is 0 Å². The molecule has 0 saturated carbocycles. The maximum atomic E-state index is 12.2. The summed E-state index contributed by atoms with van der Waals surface area (Å²) in [4.78, 5) is 16.6. The number of hydrogen-bond acceptors (Lipinski definition) is 3. The van der Waals surface area contributed by atoms with Gasteiger partial charge in [-0.2, -0.15) is 0 Å². The first-order chi connectivity index (χ1) is 11.2. The monoisotopic (exact) mass is 310 g/mol. The molecule has 0 radical (unpaired) electrons. The van der Waals surface area contributed by atoms with Gasteiger partial charge in [-0.05, 0) is 49.4 Å². The fourth-order valence-electron chi connectivity index (χ4n) is 2.73. The Morgan fingerprint density at radius 1 is 1.26 bits per heavy atom. The van der Waals surface area contributed by atoms with Crippen molar-refractivity contribution in [1.29, 1.82) is 0 Å². The van der Waals surface area contributed by atoms with Crippen molar-refractivity contribution in [2.75, 3.05) is 19.8 Å². The molecule has 1 aromatic heterocycles. The van der Waals surface area contributed by atoms with Crippen molar-refractivity contribution >= 4 is 5.91 Å². The Morgan fingerprint density at radius 3 is 2.74 bits per heavy atom. The molecule has 0 unspecified atom stereocenters. The van der Waals surface area contributed by atoms with Crippen molar-refractivity contribution < 1.29 is 9.53 Å². The van der Waals surface area contributed by atoms with Crippen LogP contribution in [0.4, 0.5) is 0 Å². The topological polar surface area (TPSA) is 51.2 Å². The molecular weight excluding hydrogens is 288 g/mol. The fourth-order valence-corrected chi connectivity index (χ4v) is 2.73. The third kappa shape index (κ3) is 4.17. The zero-order chi connectivity index (χ0) is 16.1. The largest absolute Gasteiger partial charge is 0.381 e. The van der Waals surface area contributed by atoms with E-state index in [1.54, 1.807) is 0 Å². The standard InChI is InChI=1S/C19H22N2O2/c1-14-2-7-18(21-12-14)16-3-5-17(6-4-16)19(22)20-10-8-15-9-11-23-13-15/h2-7,12,15H,8-11,13H2,1H3,(H,20,22)/t15-/m1/s1. The number of nitrogens with one attached hydrogen (secondary N) is 1. The van der Waals surface area contributed by atoms with Crippen molar-refractivity contribution in [3.8, 4) is 11.3 Å². The number of carbonyl (C=O) groups excluding carboxylic acids is 1. The highest BCUT2D eigenvalue weighted by molar-refractivity contribution is 5.94. The van der Waals surface area contributed by atoms with Crippen LogP contribution in [0.1, 0.15) is 28.8 Å².